The van der Waals surface area contributed by atoms with Crippen LogP contribution in [0.1, 0.15) is 32.3 Å². The zero-order valence-electron chi connectivity index (χ0n) is 10.4. The van der Waals surface area contributed by atoms with Crippen LogP contribution in [-0.4, -0.2) is 12.9 Å². The summed E-state index contributed by atoms with van der Waals surface area (Å²) in [7, 11) is 0. The normalized spacial score (nSPS) is 14.8. The van der Waals surface area contributed by atoms with Gasteiger partial charge in [0.05, 0.1) is 6.10 Å². The van der Waals surface area contributed by atoms with Gasteiger partial charge in [0.15, 0.2) is 11.5 Å². The fourth-order valence-electron chi connectivity index (χ4n) is 1.92. The average Bonchev–Trinajstić information content (AvgIpc) is 2.75. The molecule has 1 heterocycles. The summed E-state index contributed by atoms with van der Waals surface area (Å²) < 4.78 is 16.5. The van der Waals surface area contributed by atoms with Crippen LogP contribution in [0, 0.1) is 0 Å². The van der Waals surface area contributed by atoms with Gasteiger partial charge in [0.25, 0.3) is 0 Å². The molecule has 0 saturated heterocycles. The Morgan fingerprint density at radius 1 is 1.35 bits per heavy atom. The molecule has 1 unspecified atom stereocenters. The SMILES string of the molecule is CCCC(C)Oc1cc2c(cc1CN)OCO2. The second kappa shape index (κ2) is 5.27. The van der Waals surface area contributed by atoms with Gasteiger partial charge in [-0.25, -0.2) is 0 Å². The lowest BCUT2D eigenvalue weighted by Crippen LogP contribution is -2.13. The first-order valence-corrected chi connectivity index (χ1v) is 6.03. The zero-order chi connectivity index (χ0) is 12.3. The molecule has 0 saturated carbocycles. The van der Waals surface area contributed by atoms with Gasteiger partial charge in [-0.3, -0.25) is 0 Å². The Bertz CT molecular complexity index is 392. The zero-order valence-corrected chi connectivity index (χ0v) is 10.4. The molecule has 4 heteroatoms. The van der Waals surface area contributed by atoms with E-state index >= 15 is 0 Å². The number of hydrogen-bond donors (Lipinski definition) is 1. The molecule has 0 aliphatic carbocycles. The van der Waals surface area contributed by atoms with E-state index < -0.39 is 0 Å². The number of fused-ring (bicyclic) bond motifs is 1. The standard InChI is InChI=1S/C13H19NO3/c1-3-4-9(2)17-11-6-13-12(15-8-16-13)5-10(11)7-14/h5-6,9H,3-4,7-8,14H2,1-2H3. The molecule has 17 heavy (non-hydrogen) atoms. The maximum Gasteiger partial charge on any atom is 0.231 e. The summed E-state index contributed by atoms with van der Waals surface area (Å²) in [6.45, 7) is 4.91. The largest absolute Gasteiger partial charge is 0.490 e. The first kappa shape index (κ1) is 12.0. The molecule has 2 rings (SSSR count). The number of hydrogen-bond acceptors (Lipinski definition) is 4. The van der Waals surface area contributed by atoms with Gasteiger partial charge in [0.1, 0.15) is 5.75 Å². The molecular weight excluding hydrogens is 218 g/mol. The number of rotatable bonds is 5. The van der Waals surface area contributed by atoms with Crippen molar-refractivity contribution in [1.82, 2.24) is 0 Å². The quantitative estimate of drug-likeness (QED) is 0.854. The Kier molecular flexibility index (Phi) is 3.74. The van der Waals surface area contributed by atoms with Gasteiger partial charge >= 0.3 is 0 Å². The molecule has 1 aliphatic heterocycles. The van der Waals surface area contributed by atoms with Gasteiger partial charge in [-0.05, 0) is 19.4 Å². The third-order valence-electron chi connectivity index (χ3n) is 2.80. The van der Waals surface area contributed by atoms with Crippen molar-refractivity contribution in [1.29, 1.82) is 0 Å². The minimum absolute atomic E-state index is 0.186. The third kappa shape index (κ3) is 2.64. The van der Waals surface area contributed by atoms with E-state index in [-0.39, 0.29) is 12.9 Å². The summed E-state index contributed by atoms with van der Waals surface area (Å²) >= 11 is 0. The molecule has 1 aliphatic rings. The van der Waals surface area contributed by atoms with Crippen molar-refractivity contribution in [2.45, 2.75) is 39.3 Å². The fraction of sp³-hybridized carbons (Fsp3) is 0.538. The molecule has 0 aromatic heterocycles. The lowest BCUT2D eigenvalue weighted by atomic mass is 10.1. The predicted molar refractivity (Wildman–Crippen MR) is 65.5 cm³/mol. The molecule has 0 bridgehead atoms. The first-order chi connectivity index (χ1) is 8.24. The summed E-state index contributed by atoms with van der Waals surface area (Å²) in [4.78, 5) is 0. The van der Waals surface area contributed by atoms with Gasteiger partial charge in [-0.15, -0.1) is 0 Å². The monoisotopic (exact) mass is 237 g/mol. The van der Waals surface area contributed by atoms with Crippen LogP contribution in [0.25, 0.3) is 0 Å². The van der Waals surface area contributed by atoms with E-state index in [2.05, 4.69) is 13.8 Å². The van der Waals surface area contributed by atoms with E-state index in [1.165, 1.54) is 0 Å². The summed E-state index contributed by atoms with van der Waals surface area (Å²) in [5, 5.41) is 0. The summed E-state index contributed by atoms with van der Waals surface area (Å²) in [6.07, 6.45) is 2.31. The topological polar surface area (TPSA) is 53.7 Å². The van der Waals surface area contributed by atoms with Gasteiger partial charge in [-0.2, -0.15) is 0 Å². The van der Waals surface area contributed by atoms with Crippen LogP contribution < -0.4 is 19.9 Å². The fourth-order valence-corrected chi connectivity index (χ4v) is 1.92. The third-order valence-corrected chi connectivity index (χ3v) is 2.80. The van der Waals surface area contributed by atoms with Crippen LogP contribution in [0.5, 0.6) is 17.2 Å². The van der Waals surface area contributed by atoms with Gasteiger partial charge in [-0.1, -0.05) is 13.3 Å². The number of ether oxygens (including phenoxy) is 3. The molecule has 0 spiro atoms. The molecule has 0 radical (unpaired) electrons. The van der Waals surface area contributed by atoms with Crippen molar-refractivity contribution >= 4 is 0 Å². The van der Waals surface area contributed by atoms with Crippen molar-refractivity contribution < 1.29 is 14.2 Å². The van der Waals surface area contributed by atoms with E-state index in [0.717, 1.165) is 35.7 Å². The highest BCUT2D eigenvalue weighted by atomic mass is 16.7. The molecule has 0 fully saturated rings. The second-order valence-corrected chi connectivity index (χ2v) is 4.23. The lowest BCUT2D eigenvalue weighted by Gasteiger charge is -2.17. The highest BCUT2D eigenvalue weighted by molar-refractivity contribution is 5.51. The molecule has 0 amide bonds. The van der Waals surface area contributed by atoms with Crippen LogP contribution in [0.4, 0.5) is 0 Å². The summed E-state index contributed by atoms with van der Waals surface area (Å²) in [5.41, 5.74) is 6.67. The predicted octanol–water partition coefficient (Wildman–Crippen LogP) is 2.44. The minimum Gasteiger partial charge on any atom is -0.490 e. The molecule has 1 atom stereocenters. The molecule has 2 N–H and O–H groups in total. The van der Waals surface area contributed by atoms with Gasteiger partial charge in [0.2, 0.25) is 6.79 Å². The number of nitrogens with two attached hydrogens (primary N) is 1. The summed E-state index contributed by atoms with van der Waals surface area (Å²) in [5.74, 6) is 2.29. The van der Waals surface area contributed by atoms with Crippen molar-refractivity contribution in [3.63, 3.8) is 0 Å². The molecule has 1 aromatic rings. The lowest BCUT2D eigenvalue weighted by molar-refractivity contribution is 0.173. The average molecular weight is 237 g/mol. The van der Waals surface area contributed by atoms with Crippen LogP contribution >= 0.6 is 0 Å². The second-order valence-electron chi connectivity index (χ2n) is 4.23. The Balaban J connectivity index is 2.20. The van der Waals surface area contributed by atoms with Gasteiger partial charge < -0.3 is 19.9 Å². The molecule has 94 valence electrons. The highest BCUT2D eigenvalue weighted by Crippen LogP contribution is 2.38. The van der Waals surface area contributed by atoms with Crippen LogP contribution in [0.15, 0.2) is 12.1 Å². The Morgan fingerprint density at radius 3 is 2.71 bits per heavy atom. The Labute approximate surface area is 102 Å². The van der Waals surface area contributed by atoms with E-state index in [4.69, 9.17) is 19.9 Å². The Morgan fingerprint density at radius 2 is 2.06 bits per heavy atom. The first-order valence-electron chi connectivity index (χ1n) is 6.03. The maximum absolute atomic E-state index is 5.89. The van der Waals surface area contributed by atoms with Crippen molar-refractivity contribution in [2.24, 2.45) is 5.73 Å². The summed E-state index contributed by atoms with van der Waals surface area (Å²) in [6, 6.07) is 3.77. The number of benzene rings is 1. The van der Waals surface area contributed by atoms with E-state index in [9.17, 15) is 0 Å². The van der Waals surface area contributed by atoms with E-state index in [1.807, 2.05) is 12.1 Å². The molecule has 4 nitrogen and oxygen atoms in total. The molecule has 1 aromatic carbocycles. The van der Waals surface area contributed by atoms with Crippen molar-refractivity contribution in [3.05, 3.63) is 17.7 Å². The van der Waals surface area contributed by atoms with Crippen molar-refractivity contribution in [3.8, 4) is 17.2 Å². The molecular formula is C13H19NO3. The highest BCUT2D eigenvalue weighted by Gasteiger charge is 2.18. The van der Waals surface area contributed by atoms with Crippen LogP contribution in [0.2, 0.25) is 0 Å². The van der Waals surface area contributed by atoms with Crippen molar-refractivity contribution in [2.75, 3.05) is 6.79 Å². The van der Waals surface area contributed by atoms with Crippen LogP contribution in [0.3, 0.4) is 0 Å². The van der Waals surface area contributed by atoms with Gasteiger partial charge in [0, 0.05) is 18.2 Å². The van der Waals surface area contributed by atoms with E-state index in [0.29, 0.717) is 6.54 Å². The maximum atomic E-state index is 5.89. The smallest absolute Gasteiger partial charge is 0.231 e. The Hall–Kier alpha value is -1.42. The van der Waals surface area contributed by atoms with Crippen LogP contribution in [-0.2, 0) is 6.54 Å². The van der Waals surface area contributed by atoms with E-state index in [1.54, 1.807) is 0 Å². The minimum atomic E-state index is 0.186.